The van der Waals surface area contributed by atoms with Gasteiger partial charge in [-0.05, 0) is 6.08 Å². The first-order valence-corrected chi connectivity index (χ1v) is 5.61. The van der Waals surface area contributed by atoms with Crippen LogP contribution in [0.2, 0.25) is 0 Å². The normalized spacial score (nSPS) is 26.2. The van der Waals surface area contributed by atoms with Gasteiger partial charge in [0.25, 0.3) is 0 Å². The molecule has 12 heavy (non-hydrogen) atoms. The summed E-state index contributed by atoms with van der Waals surface area (Å²) in [6, 6.07) is 0.276. The molecule has 0 aromatic carbocycles. The summed E-state index contributed by atoms with van der Waals surface area (Å²) in [4.78, 5) is 0. The van der Waals surface area contributed by atoms with Gasteiger partial charge < -0.3 is 17.7 Å². The Morgan fingerprint density at radius 2 is 2.25 bits per heavy atom. The molecule has 0 amide bonds. The molecule has 1 unspecified atom stereocenters. The minimum absolute atomic E-state index is 0. The van der Waals surface area contributed by atoms with Gasteiger partial charge >= 0.3 is 0 Å². The minimum atomic E-state index is -2.69. The van der Waals surface area contributed by atoms with Crippen LogP contribution in [-0.2, 0) is 9.84 Å². The van der Waals surface area contributed by atoms with Gasteiger partial charge in [-0.25, -0.2) is 8.42 Å². The van der Waals surface area contributed by atoms with Crippen LogP contribution in [-0.4, -0.2) is 32.5 Å². The van der Waals surface area contributed by atoms with Crippen molar-refractivity contribution >= 4 is 9.84 Å². The zero-order chi connectivity index (χ0) is 8.32. The van der Waals surface area contributed by atoms with Crippen molar-refractivity contribution in [3.63, 3.8) is 0 Å². The van der Waals surface area contributed by atoms with Crippen LogP contribution in [0.4, 0.5) is 0 Å². The lowest BCUT2D eigenvalue weighted by Gasteiger charge is -2.02. The molecule has 1 aliphatic heterocycles. The van der Waals surface area contributed by atoms with Crippen LogP contribution in [0.25, 0.3) is 0 Å². The number of sulfone groups is 1. The van der Waals surface area contributed by atoms with Crippen molar-refractivity contribution in [1.29, 1.82) is 0 Å². The van der Waals surface area contributed by atoms with E-state index in [0.29, 0.717) is 11.5 Å². The lowest BCUT2D eigenvalue weighted by Crippen LogP contribution is -3.00. The van der Waals surface area contributed by atoms with Gasteiger partial charge in [0.15, 0.2) is 9.84 Å². The summed E-state index contributed by atoms with van der Waals surface area (Å²) in [5, 5.41) is 2.04. The molecule has 1 rings (SSSR count). The molecule has 1 saturated heterocycles. The van der Waals surface area contributed by atoms with E-state index in [1.54, 1.807) is 6.08 Å². The van der Waals surface area contributed by atoms with Crippen LogP contribution >= 0.6 is 0 Å². The number of hydrogen-bond donors (Lipinski definition) is 1. The Hall–Kier alpha value is -0.0600. The molecule has 0 radical (unpaired) electrons. The van der Waals surface area contributed by atoms with Crippen molar-refractivity contribution in [1.82, 2.24) is 0 Å². The molecule has 2 N–H and O–H groups in total. The first kappa shape index (κ1) is 11.9. The van der Waals surface area contributed by atoms with E-state index >= 15 is 0 Å². The second-order valence-corrected chi connectivity index (χ2v) is 5.15. The molecule has 72 valence electrons. The Bertz CT molecular complexity index is 238. The van der Waals surface area contributed by atoms with E-state index in [1.165, 1.54) is 0 Å². The highest BCUT2D eigenvalue weighted by Gasteiger charge is 2.29. The van der Waals surface area contributed by atoms with Crippen LogP contribution in [0.5, 0.6) is 0 Å². The summed E-state index contributed by atoms with van der Waals surface area (Å²) in [6.45, 7) is 4.40. The van der Waals surface area contributed by atoms with Crippen molar-refractivity contribution in [2.24, 2.45) is 0 Å². The van der Waals surface area contributed by atoms with Gasteiger partial charge in [0.05, 0.1) is 12.3 Å². The van der Waals surface area contributed by atoms with Crippen LogP contribution in [0.3, 0.4) is 0 Å². The smallest absolute Gasteiger partial charge is 0.156 e. The Balaban J connectivity index is 0.00000121. The van der Waals surface area contributed by atoms with E-state index in [-0.39, 0.29) is 18.4 Å². The lowest BCUT2D eigenvalue weighted by atomic mass is 10.3. The zero-order valence-corrected chi connectivity index (χ0v) is 8.44. The van der Waals surface area contributed by atoms with Crippen molar-refractivity contribution in [2.75, 3.05) is 18.1 Å². The highest BCUT2D eigenvalue weighted by molar-refractivity contribution is 7.91. The number of rotatable bonds is 3. The fraction of sp³-hybridized carbons (Fsp3) is 0.714. The third-order valence-electron chi connectivity index (χ3n) is 1.90. The van der Waals surface area contributed by atoms with Crippen molar-refractivity contribution in [2.45, 2.75) is 12.5 Å². The van der Waals surface area contributed by atoms with Crippen LogP contribution in [0.15, 0.2) is 12.7 Å². The molecule has 0 bridgehead atoms. The minimum Gasteiger partial charge on any atom is -1.00 e. The van der Waals surface area contributed by atoms with Gasteiger partial charge in [0, 0.05) is 6.42 Å². The summed E-state index contributed by atoms with van der Waals surface area (Å²) in [5.41, 5.74) is 0. The van der Waals surface area contributed by atoms with E-state index in [1.807, 2.05) is 5.32 Å². The third-order valence-corrected chi connectivity index (χ3v) is 3.70. The molecular formula is C7H14ClNO2S. The lowest BCUT2D eigenvalue weighted by molar-refractivity contribution is -0.675. The quantitative estimate of drug-likeness (QED) is 0.483. The highest BCUT2D eigenvalue weighted by Crippen LogP contribution is 2.07. The van der Waals surface area contributed by atoms with Gasteiger partial charge in [-0.1, -0.05) is 6.58 Å². The zero-order valence-electron chi connectivity index (χ0n) is 6.87. The fourth-order valence-electron chi connectivity index (χ4n) is 1.30. The second-order valence-electron chi connectivity index (χ2n) is 2.92. The van der Waals surface area contributed by atoms with E-state index in [9.17, 15) is 8.42 Å². The Kier molecular flexibility index (Phi) is 4.82. The second kappa shape index (κ2) is 4.84. The third kappa shape index (κ3) is 3.56. The van der Waals surface area contributed by atoms with E-state index in [4.69, 9.17) is 0 Å². The van der Waals surface area contributed by atoms with Gasteiger partial charge in [0.1, 0.15) is 11.8 Å². The Morgan fingerprint density at radius 3 is 2.67 bits per heavy atom. The van der Waals surface area contributed by atoms with Gasteiger partial charge in [-0.2, -0.15) is 0 Å². The molecule has 0 saturated carbocycles. The van der Waals surface area contributed by atoms with E-state index in [0.717, 1.165) is 13.0 Å². The van der Waals surface area contributed by atoms with E-state index < -0.39 is 9.84 Å². The number of nitrogens with two attached hydrogens (primary N) is 1. The first-order chi connectivity index (χ1) is 5.14. The summed E-state index contributed by atoms with van der Waals surface area (Å²) >= 11 is 0. The molecule has 1 fully saturated rings. The SMILES string of the molecule is C=CC[NH2+]C1CCS(=O)(=O)C1.[Cl-]. The van der Waals surface area contributed by atoms with Gasteiger partial charge in [0.2, 0.25) is 0 Å². The molecule has 3 nitrogen and oxygen atoms in total. The summed E-state index contributed by atoms with van der Waals surface area (Å²) < 4.78 is 21.9. The van der Waals surface area contributed by atoms with Crippen molar-refractivity contribution in [3.8, 4) is 0 Å². The fourth-order valence-corrected chi connectivity index (χ4v) is 3.08. The predicted molar refractivity (Wildman–Crippen MR) is 44.0 cm³/mol. The Labute approximate surface area is 79.6 Å². The number of halogens is 1. The largest absolute Gasteiger partial charge is 1.00 e. The van der Waals surface area contributed by atoms with Crippen LogP contribution in [0, 0.1) is 0 Å². The molecule has 0 spiro atoms. The van der Waals surface area contributed by atoms with Gasteiger partial charge in [-0.3, -0.25) is 0 Å². The van der Waals surface area contributed by atoms with Crippen molar-refractivity contribution < 1.29 is 26.1 Å². The maximum absolute atomic E-state index is 11.0. The summed E-state index contributed by atoms with van der Waals surface area (Å²) in [5.74, 6) is 0.714. The summed E-state index contributed by atoms with van der Waals surface area (Å²) in [7, 11) is -2.69. The molecule has 1 aliphatic rings. The molecule has 5 heteroatoms. The van der Waals surface area contributed by atoms with E-state index in [2.05, 4.69) is 6.58 Å². The molecule has 0 aromatic heterocycles. The maximum atomic E-state index is 11.0. The first-order valence-electron chi connectivity index (χ1n) is 3.79. The standard InChI is InChI=1S/C7H13NO2S.ClH/c1-2-4-8-7-3-5-11(9,10)6-7;/h2,7-8H,1,3-6H2;1H. The van der Waals surface area contributed by atoms with Crippen molar-refractivity contribution in [3.05, 3.63) is 12.7 Å². The van der Waals surface area contributed by atoms with Gasteiger partial charge in [-0.15, -0.1) is 0 Å². The van der Waals surface area contributed by atoms with Crippen LogP contribution < -0.4 is 17.7 Å². The molecule has 0 aromatic rings. The molecule has 1 atom stereocenters. The predicted octanol–water partition coefficient (Wildman–Crippen LogP) is -4.07. The Morgan fingerprint density at radius 1 is 1.58 bits per heavy atom. The van der Waals surface area contributed by atoms with Crippen LogP contribution in [0.1, 0.15) is 6.42 Å². The molecule has 1 heterocycles. The average molecular weight is 212 g/mol. The highest BCUT2D eigenvalue weighted by atomic mass is 35.5. The summed E-state index contributed by atoms with van der Waals surface area (Å²) in [6.07, 6.45) is 2.60. The monoisotopic (exact) mass is 211 g/mol. The number of quaternary nitrogens is 1. The number of hydrogen-bond acceptors (Lipinski definition) is 2. The molecular weight excluding hydrogens is 198 g/mol. The topological polar surface area (TPSA) is 50.8 Å². The average Bonchev–Trinajstić information content (AvgIpc) is 2.26. The molecule has 0 aliphatic carbocycles. The maximum Gasteiger partial charge on any atom is 0.156 e.